The third-order valence-electron chi connectivity index (χ3n) is 2.85. The van der Waals surface area contributed by atoms with Crippen LogP contribution in [0.4, 0.5) is 0 Å². The predicted molar refractivity (Wildman–Crippen MR) is 73.4 cm³/mol. The maximum Gasteiger partial charge on any atom is 0.190 e. The van der Waals surface area contributed by atoms with Gasteiger partial charge in [-0.1, -0.05) is 32.5 Å². The van der Waals surface area contributed by atoms with Crippen LogP contribution in [0.25, 0.3) is 0 Å². The zero-order valence-corrected chi connectivity index (χ0v) is 12.1. The van der Waals surface area contributed by atoms with E-state index in [4.69, 9.17) is 4.74 Å². The van der Waals surface area contributed by atoms with E-state index in [1.165, 1.54) is 11.8 Å². The van der Waals surface area contributed by atoms with Gasteiger partial charge >= 0.3 is 0 Å². The third kappa shape index (κ3) is 7.79. The van der Waals surface area contributed by atoms with E-state index in [0.29, 0.717) is 17.0 Å². The number of hydrogen-bond donors (Lipinski definition) is 0. The van der Waals surface area contributed by atoms with E-state index in [9.17, 15) is 4.79 Å². The summed E-state index contributed by atoms with van der Waals surface area (Å²) in [5, 5.41) is 0.334. The van der Waals surface area contributed by atoms with Crippen molar-refractivity contribution in [3.05, 3.63) is 0 Å². The van der Waals surface area contributed by atoms with Gasteiger partial charge in [0.15, 0.2) is 5.12 Å². The van der Waals surface area contributed by atoms with Crippen molar-refractivity contribution in [2.24, 2.45) is 5.41 Å². The Morgan fingerprint density at radius 1 is 1.29 bits per heavy atom. The van der Waals surface area contributed by atoms with Crippen molar-refractivity contribution in [1.29, 1.82) is 0 Å². The molecule has 3 nitrogen and oxygen atoms in total. The Balaban J connectivity index is 2.04. The molecule has 0 atom stereocenters. The molecule has 1 heterocycles. The molecular weight excluding hydrogens is 234 g/mol. The van der Waals surface area contributed by atoms with Crippen LogP contribution in [-0.4, -0.2) is 48.6 Å². The van der Waals surface area contributed by atoms with Gasteiger partial charge in [-0.25, -0.2) is 0 Å². The molecule has 0 aromatic heterocycles. The summed E-state index contributed by atoms with van der Waals surface area (Å²) in [4.78, 5) is 14.0. The van der Waals surface area contributed by atoms with Gasteiger partial charge in [-0.3, -0.25) is 9.69 Å². The van der Waals surface area contributed by atoms with E-state index < -0.39 is 0 Å². The number of hydrogen-bond acceptors (Lipinski definition) is 4. The molecular formula is C13H25NO2S. The van der Waals surface area contributed by atoms with Gasteiger partial charge in [-0.15, -0.1) is 0 Å². The number of carbonyl (C=O) groups excluding carboxylic acids is 1. The maximum atomic E-state index is 11.7. The van der Waals surface area contributed by atoms with Gasteiger partial charge in [0.2, 0.25) is 0 Å². The van der Waals surface area contributed by atoms with E-state index in [2.05, 4.69) is 25.7 Å². The van der Waals surface area contributed by atoms with Crippen molar-refractivity contribution >= 4 is 16.9 Å². The Morgan fingerprint density at radius 2 is 1.94 bits per heavy atom. The average molecular weight is 259 g/mol. The largest absolute Gasteiger partial charge is 0.379 e. The molecule has 4 heteroatoms. The minimum Gasteiger partial charge on any atom is -0.379 e. The van der Waals surface area contributed by atoms with Crippen LogP contribution in [0.1, 0.15) is 33.6 Å². The molecule has 0 aliphatic carbocycles. The Bertz CT molecular complexity index is 232. The molecule has 0 saturated carbocycles. The molecule has 0 radical (unpaired) electrons. The first-order chi connectivity index (χ1) is 7.97. The molecule has 0 aromatic carbocycles. The number of rotatable bonds is 5. The first-order valence-corrected chi connectivity index (χ1v) is 7.42. The molecule has 1 fully saturated rings. The van der Waals surface area contributed by atoms with E-state index in [1.807, 2.05) is 0 Å². The first kappa shape index (κ1) is 15.0. The molecule has 0 unspecified atom stereocenters. The van der Waals surface area contributed by atoms with Gasteiger partial charge in [-0.2, -0.15) is 0 Å². The number of ether oxygens (including phenoxy) is 1. The lowest BCUT2D eigenvalue weighted by molar-refractivity contribution is -0.111. The molecule has 17 heavy (non-hydrogen) atoms. The van der Waals surface area contributed by atoms with Gasteiger partial charge in [0, 0.05) is 31.8 Å². The highest BCUT2D eigenvalue weighted by molar-refractivity contribution is 8.13. The lowest BCUT2D eigenvalue weighted by atomic mass is 9.94. The lowest BCUT2D eigenvalue weighted by Gasteiger charge is -2.26. The summed E-state index contributed by atoms with van der Waals surface area (Å²) in [5.74, 6) is 0.950. The SMILES string of the molecule is CC(C)(C)CCSC(=O)CCN1CCOCC1. The van der Waals surface area contributed by atoms with Crippen molar-refractivity contribution in [3.63, 3.8) is 0 Å². The normalized spacial score (nSPS) is 18.3. The fraction of sp³-hybridized carbons (Fsp3) is 0.923. The second-order valence-electron chi connectivity index (χ2n) is 5.74. The molecule has 0 bridgehead atoms. The van der Waals surface area contributed by atoms with Crippen LogP contribution in [0.15, 0.2) is 0 Å². The topological polar surface area (TPSA) is 29.5 Å². The molecule has 0 amide bonds. The summed E-state index contributed by atoms with van der Waals surface area (Å²) in [6, 6.07) is 0. The van der Waals surface area contributed by atoms with Crippen LogP contribution in [0.2, 0.25) is 0 Å². The molecule has 1 rings (SSSR count). The molecule has 0 aromatic rings. The monoisotopic (exact) mass is 259 g/mol. The Kier molecular flexibility index (Phi) is 6.52. The van der Waals surface area contributed by atoms with E-state index in [1.54, 1.807) is 0 Å². The van der Waals surface area contributed by atoms with Gasteiger partial charge in [0.25, 0.3) is 0 Å². The van der Waals surface area contributed by atoms with Crippen molar-refractivity contribution < 1.29 is 9.53 Å². The van der Waals surface area contributed by atoms with E-state index >= 15 is 0 Å². The fourth-order valence-electron chi connectivity index (χ4n) is 1.62. The van der Waals surface area contributed by atoms with Gasteiger partial charge in [0.05, 0.1) is 13.2 Å². The summed E-state index contributed by atoms with van der Waals surface area (Å²) in [5.41, 5.74) is 0.331. The van der Waals surface area contributed by atoms with Crippen molar-refractivity contribution in [2.75, 3.05) is 38.6 Å². The Morgan fingerprint density at radius 3 is 2.53 bits per heavy atom. The van der Waals surface area contributed by atoms with Gasteiger partial charge < -0.3 is 4.74 Å². The Hall–Kier alpha value is -0.0600. The fourth-order valence-corrected chi connectivity index (χ4v) is 2.80. The highest BCUT2D eigenvalue weighted by atomic mass is 32.2. The second-order valence-corrected chi connectivity index (χ2v) is 6.89. The molecule has 0 spiro atoms. The molecule has 1 aliphatic heterocycles. The van der Waals surface area contributed by atoms with E-state index in [0.717, 1.165) is 45.0 Å². The Labute approximate surface area is 109 Å². The summed E-state index contributed by atoms with van der Waals surface area (Å²) in [7, 11) is 0. The van der Waals surface area contributed by atoms with Crippen molar-refractivity contribution in [1.82, 2.24) is 4.90 Å². The van der Waals surface area contributed by atoms with E-state index in [-0.39, 0.29) is 0 Å². The van der Waals surface area contributed by atoms with Crippen LogP contribution in [-0.2, 0) is 9.53 Å². The second kappa shape index (κ2) is 7.39. The van der Waals surface area contributed by atoms with Crippen molar-refractivity contribution in [2.45, 2.75) is 33.6 Å². The molecule has 100 valence electrons. The minimum atomic E-state index is 0.331. The van der Waals surface area contributed by atoms with Crippen molar-refractivity contribution in [3.8, 4) is 0 Å². The van der Waals surface area contributed by atoms with Gasteiger partial charge in [0.1, 0.15) is 0 Å². The molecule has 0 N–H and O–H groups in total. The summed E-state index contributed by atoms with van der Waals surface area (Å²) < 4.78 is 5.28. The summed E-state index contributed by atoms with van der Waals surface area (Å²) in [6.45, 7) is 11.1. The number of nitrogens with zero attached hydrogens (tertiary/aromatic N) is 1. The van der Waals surface area contributed by atoms with Crippen LogP contribution in [0.3, 0.4) is 0 Å². The summed E-state index contributed by atoms with van der Waals surface area (Å²) >= 11 is 1.50. The standard InChI is InChI=1S/C13H25NO2S/c1-13(2,3)5-11-17-12(15)4-6-14-7-9-16-10-8-14/h4-11H2,1-3H3. The predicted octanol–water partition coefficient (Wildman–Crippen LogP) is 2.40. The van der Waals surface area contributed by atoms with Crippen LogP contribution < -0.4 is 0 Å². The highest BCUT2D eigenvalue weighted by Crippen LogP contribution is 2.22. The first-order valence-electron chi connectivity index (χ1n) is 6.43. The van der Waals surface area contributed by atoms with Crippen LogP contribution >= 0.6 is 11.8 Å². The number of carbonyl (C=O) groups is 1. The highest BCUT2D eigenvalue weighted by Gasteiger charge is 2.14. The van der Waals surface area contributed by atoms with Crippen LogP contribution in [0, 0.1) is 5.41 Å². The minimum absolute atomic E-state index is 0.331. The summed E-state index contributed by atoms with van der Waals surface area (Å²) in [6.07, 6.45) is 1.77. The smallest absolute Gasteiger partial charge is 0.190 e. The molecule has 1 aliphatic rings. The molecule has 1 saturated heterocycles. The zero-order chi connectivity index (χ0) is 12.7. The zero-order valence-electron chi connectivity index (χ0n) is 11.3. The quantitative estimate of drug-likeness (QED) is 0.758. The number of thioether (sulfide) groups is 1. The lowest BCUT2D eigenvalue weighted by Crippen LogP contribution is -2.37. The number of morpholine rings is 1. The van der Waals surface area contributed by atoms with Crippen LogP contribution in [0.5, 0.6) is 0 Å². The average Bonchev–Trinajstić information content (AvgIpc) is 2.26. The van der Waals surface area contributed by atoms with Gasteiger partial charge in [-0.05, 0) is 11.8 Å². The maximum absolute atomic E-state index is 11.7. The third-order valence-corrected chi connectivity index (χ3v) is 3.79.